The van der Waals surface area contributed by atoms with Crippen LogP contribution >= 0.6 is 0 Å². The van der Waals surface area contributed by atoms with Gasteiger partial charge in [-0.1, -0.05) is 36.4 Å². The molecule has 0 saturated carbocycles. The van der Waals surface area contributed by atoms with E-state index in [2.05, 4.69) is 10.1 Å². The molecule has 4 aromatic rings. The lowest BCUT2D eigenvalue weighted by molar-refractivity contribution is -0.153. The lowest BCUT2D eigenvalue weighted by Gasteiger charge is -2.28. The van der Waals surface area contributed by atoms with E-state index in [1.165, 1.54) is 17.9 Å². The minimum absolute atomic E-state index is 0.114. The Hall–Kier alpha value is -4.21. The van der Waals surface area contributed by atoms with Crippen molar-refractivity contribution in [1.82, 2.24) is 14.8 Å². The summed E-state index contributed by atoms with van der Waals surface area (Å²) in [6.07, 6.45) is -4.35. The zero-order valence-electron chi connectivity index (χ0n) is 21.2. The van der Waals surface area contributed by atoms with Gasteiger partial charge in [0.1, 0.15) is 5.69 Å². The Morgan fingerprint density at radius 1 is 1.08 bits per heavy atom. The summed E-state index contributed by atoms with van der Waals surface area (Å²) in [6, 6.07) is 16.4. The zero-order chi connectivity index (χ0) is 27.4. The van der Waals surface area contributed by atoms with Crippen molar-refractivity contribution in [1.29, 1.82) is 0 Å². The second-order valence-electron chi connectivity index (χ2n) is 8.79. The van der Waals surface area contributed by atoms with Gasteiger partial charge in [-0.2, -0.15) is 18.3 Å². The normalized spacial score (nSPS) is 12.4. The number of carbonyl (C=O) groups excluding carboxylic acids is 2. The molecule has 0 saturated heterocycles. The van der Waals surface area contributed by atoms with Gasteiger partial charge in [0.2, 0.25) is 6.10 Å². The van der Waals surface area contributed by atoms with Crippen LogP contribution in [-0.4, -0.2) is 33.2 Å². The van der Waals surface area contributed by atoms with Gasteiger partial charge >= 0.3 is 12.1 Å². The number of pyridine rings is 1. The second kappa shape index (κ2) is 11.0. The van der Waals surface area contributed by atoms with Crippen molar-refractivity contribution < 1.29 is 27.5 Å². The van der Waals surface area contributed by atoms with E-state index in [4.69, 9.17) is 4.74 Å². The molecule has 2 aromatic carbocycles. The second-order valence-corrected chi connectivity index (χ2v) is 8.79. The van der Waals surface area contributed by atoms with Crippen LogP contribution in [0.25, 0.3) is 10.9 Å². The number of amides is 1. The highest BCUT2D eigenvalue weighted by atomic mass is 19.4. The smallest absolute Gasteiger partial charge is 0.433 e. The van der Waals surface area contributed by atoms with Crippen LogP contribution in [0, 0.1) is 6.92 Å². The number of ether oxygens (including phenoxy) is 1. The number of hydrogen-bond donors (Lipinski definition) is 0. The summed E-state index contributed by atoms with van der Waals surface area (Å²) >= 11 is 0. The van der Waals surface area contributed by atoms with Gasteiger partial charge in [-0.3, -0.25) is 19.3 Å². The number of aryl methyl sites for hydroxylation is 2. The molecule has 0 fully saturated rings. The van der Waals surface area contributed by atoms with E-state index >= 15 is 0 Å². The number of benzene rings is 2. The van der Waals surface area contributed by atoms with Crippen molar-refractivity contribution in [3.63, 3.8) is 0 Å². The van der Waals surface area contributed by atoms with Crippen LogP contribution in [0.4, 0.5) is 18.9 Å². The Morgan fingerprint density at radius 3 is 2.42 bits per heavy atom. The van der Waals surface area contributed by atoms with Crippen molar-refractivity contribution in [2.75, 3.05) is 11.4 Å². The number of aromatic nitrogens is 3. The third-order valence-corrected chi connectivity index (χ3v) is 6.15. The average Bonchev–Trinajstić information content (AvgIpc) is 3.22. The molecule has 0 N–H and O–H groups in total. The summed E-state index contributed by atoms with van der Waals surface area (Å²) in [5.74, 6) is -1.10. The van der Waals surface area contributed by atoms with Crippen molar-refractivity contribution in [3.8, 4) is 0 Å². The van der Waals surface area contributed by atoms with Crippen molar-refractivity contribution in [2.24, 2.45) is 0 Å². The molecule has 7 nitrogen and oxygen atoms in total. The molecule has 0 unspecified atom stereocenters. The fraction of sp³-hybridized carbons (Fsp3) is 0.286. The van der Waals surface area contributed by atoms with Crippen LogP contribution in [0.15, 0.2) is 66.9 Å². The van der Waals surface area contributed by atoms with E-state index < -0.39 is 29.9 Å². The summed E-state index contributed by atoms with van der Waals surface area (Å²) < 4.78 is 46.1. The van der Waals surface area contributed by atoms with Crippen LogP contribution in [0.5, 0.6) is 0 Å². The highest BCUT2D eigenvalue weighted by molar-refractivity contribution is 6.00. The van der Waals surface area contributed by atoms with Gasteiger partial charge in [0.25, 0.3) is 5.91 Å². The number of anilines is 1. The number of rotatable bonds is 8. The Kier molecular flexibility index (Phi) is 7.80. The predicted octanol–water partition coefficient (Wildman–Crippen LogP) is 5.66. The molecule has 198 valence electrons. The van der Waals surface area contributed by atoms with Gasteiger partial charge in [-0.25, -0.2) is 0 Å². The van der Waals surface area contributed by atoms with E-state index in [1.807, 2.05) is 30.7 Å². The number of esters is 1. The number of alkyl halides is 3. The summed E-state index contributed by atoms with van der Waals surface area (Å²) in [5.41, 5.74) is 2.30. The molecule has 0 aliphatic carbocycles. The summed E-state index contributed by atoms with van der Waals surface area (Å²) in [7, 11) is 0. The van der Waals surface area contributed by atoms with Gasteiger partial charge in [-0.15, -0.1) is 0 Å². The fourth-order valence-electron chi connectivity index (χ4n) is 4.28. The first-order chi connectivity index (χ1) is 18.1. The van der Waals surface area contributed by atoms with Crippen LogP contribution in [0.3, 0.4) is 0 Å². The molecular formula is C28H27F3N4O3. The molecular weight excluding hydrogens is 497 g/mol. The van der Waals surface area contributed by atoms with Gasteiger partial charge in [0.15, 0.2) is 0 Å². The van der Waals surface area contributed by atoms with Crippen LogP contribution in [0.2, 0.25) is 0 Å². The summed E-state index contributed by atoms with van der Waals surface area (Å²) in [5, 5.41) is 5.40. The fourth-order valence-corrected chi connectivity index (χ4v) is 4.28. The molecule has 0 aliphatic rings. The molecule has 38 heavy (non-hydrogen) atoms. The number of carbonyl (C=O) groups is 2. The highest BCUT2D eigenvalue weighted by Crippen LogP contribution is 2.30. The minimum Gasteiger partial charge on any atom is -0.447 e. The largest absolute Gasteiger partial charge is 0.447 e. The quantitative estimate of drug-likeness (QED) is 0.278. The van der Waals surface area contributed by atoms with E-state index in [9.17, 15) is 22.8 Å². The summed E-state index contributed by atoms with van der Waals surface area (Å²) in [4.78, 5) is 30.9. The molecule has 2 aromatic heterocycles. The van der Waals surface area contributed by atoms with Crippen LogP contribution in [0.1, 0.15) is 42.5 Å². The van der Waals surface area contributed by atoms with E-state index in [0.29, 0.717) is 23.4 Å². The van der Waals surface area contributed by atoms with Gasteiger partial charge in [0.05, 0.1) is 11.2 Å². The number of halogens is 3. The molecule has 0 aliphatic heterocycles. The van der Waals surface area contributed by atoms with Crippen LogP contribution < -0.4 is 4.90 Å². The topological polar surface area (TPSA) is 77.3 Å². The minimum atomic E-state index is -4.54. The third kappa shape index (κ3) is 5.85. The zero-order valence-corrected chi connectivity index (χ0v) is 21.2. The van der Waals surface area contributed by atoms with Gasteiger partial charge in [0, 0.05) is 42.8 Å². The van der Waals surface area contributed by atoms with Crippen molar-refractivity contribution in [3.05, 3.63) is 89.4 Å². The first-order valence-electron chi connectivity index (χ1n) is 12.1. The standard InChI is InChI=1S/C28H27F3N4O3/c1-4-35-24-12-11-22(16-23(24)18(2)33-35)34(15-14-20-10-13-25(32-17-20)28(29,30)31)27(37)26(38-19(3)36)21-8-6-5-7-9-21/h5-13,16-17,26H,4,14-15H2,1-3H3/t26-/m0/s1. The Bertz CT molecular complexity index is 1430. The summed E-state index contributed by atoms with van der Waals surface area (Å²) in [6.45, 7) is 5.88. The molecule has 2 heterocycles. The lowest BCUT2D eigenvalue weighted by atomic mass is 10.1. The molecule has 1 amide bonds. The molecule has 4 rings (SSSR count). The number of nitrogens with zero attached hydrogens (tertiary/aromatic N) is 4. The first kappa shape index (κ1) is 26.8. The Morgan fingerprint density at radius 2 is 1.82 bits per heavy atom. The van der Waals surface area contributed by atoms with Crippen molar-refractivity contribution >= 4 is 28.5 Å². The maximum atomic E-state index is 13.9. The highest BCUT2D eigenvalue weighted by Gasteiger charge is 2.32. The molecule has 0 spiro atoms. The lowest BCUT2D eigenvalue weighted by Crippen LogP contribution is -2.38. The van der Waals surface area contributed by atoms with Gasteiger partial charge in [-0.05, 0) is 50.1 Å². The predicted molar refractivity (Wildman–Crippen MR) is 136 cm³/mol. The first-order valence-corrected chi connectivity index (χ1v) is 12.1. The van der Waals surface area contributed by atoms with E-state index in [1.54, 1.807) is 36.4 Å². The third-order valence-electron chi connectivity index (χ3n) is 6.15. The number of fused-ring (bicyclic) bond motifs is 1. The van der Waals surface area contributed by atoms with E-state index in [0.717, 1.165) is 28.9 Å². The van der Waals surface area contributed by atoms with Crippen LogP contribution in [-0.2, 0) is 33.5 Å². The Balaban J connectivity index is 1.72. The maximum Gasteiger partial charge on any atom is 0.433 e. The van der Waals surface area contributed by atoms with E-state index in [-0.39, 0.29) is 13.0 Å². The molecule has 0 radical (unpaired) electrons. The SMILES string of the molecule is CCn1nc(C)c2cc(N(CCc3ccc(C(F)(F)F)nc3)C(=O)[C@@H](OC(C)=O)c3ccccc3)ccc21. The maximum absolute atomic E-state index is 13.9. The van der Waals surface area contributed by atoms with Gasteiger partial charge < -0.3 is 9.64 Å². The average molecular weight is 525 g/mol. The Labute approximate surface area is 217 Å². The monoisotopic (exact) mass is 524 g/mol. The number of hydrogen-bond acceptors (Lipinski definition) is 5. The molecule has 0 bridgehead atoms. The molecule has 1 atom stereocenters. The van der Waals surface area contributed by atoms with Crippen molar-refractivity contribution in [2.45, 2.75) is 46.0 Å². The molecule has 10 heteroatoms.